The average molecular weight is 591 g/mol. The van der Waals surface area contributed by atoms with Crippen molar-refractivity contribution in [2.24, 2.45) is 4.99 Å². The molecule has 0 radical (unpaired) electrons. The number of para-hydroxylation sites is 1. The quantitative estimate of drug-likeness (QED) is 0.124. The molecule has 0 saturated carbocycles. The van der Waals surface area contributed by atoms with E-state index in [-0.39, 0.29) is 49.2 Å². The molecule has 2 heterocycles. The van der Waals surface area contributed by atoms with Gasteiger partial charge < -0.3 is 20.2 Å². The van der Waals surface area contributed by atoms with Gasteiger partial charge in [0.1, 0.15) is 28.9 Å². The van der Waals surface area contributed by atoms with Crippen molar-refractivity contribution in [2.75, 3.05) is 31.2 Å². The van der Waals surface area contributed by atoms with Crippen molar-refractivity contribution in [3.05, 3.63) is 77.9 Å². The molecule has 1 fully saturated rings. The van der Waals surface area contributed by atoms with Crippen LogP contribution in [0.2, 0.25) is 0 Å². The summed E-state index contributed by atoms with van der Waals surface area (Å²) in [7, 11) is 0. The third-order valence-electron chi connectivity index (χ3n) is 6.85. The first kappa shape index (κ1) is 30.2. The van der Waals surface area contributed by atoms with Crippen LogP contribution < -0.4 is 5.32 Å². The monoisotopic (exact) mass is 590 g/mol. The number of amidine groups is 1. The maximum absolute atomic E-state index is 15.8. The summed E-state index contributed by atoms with van der Waals surface area (Å²) in [5.74, 6) is -2.59. The van der Waals surface area contributed by atoms with E-state index in [1.807, 2.05) is 31.4 Å². The summed E-state index contributed by atoms with van der Waals surface area (Å²) in [6.07, 6.45) is 3.47. The summed E-state index contributed by atoms with van der Waals surface area (Å²) in [4.78, 5) is 37.6. The molecule has 3 aromatic rings. The number of aromatic hydroxyl groups is 1. The normalized spacial score (nSPS) is 15.2. The fraction of sp³-hybridized carbons (Fsp3) is 0.233. The Morgan fingerprint density at radius 2 is 2.05 bits per heavy atom. The van der Waals surface area contributed by atoms with Crippen LogP contribution in [0.15, 0.2) is 65.0 Å². The molecular formula is C30H28F2N6O3S. The molecule has 9 nitrogen and oxygen atoms in total. The second-order valence-electron chi connectivity index (χ2n) is 9.37. The molecule has 0 aliphatic carbocycles. The lowest BCUT2D eigenvalue weighted by molar-refractivity contribution is -0.130. The van der Waals surface area contributed by atoms with E-state index in [0.29, 0.717) is 12.1 Å². The first-order valence-electron chi connectivity index (χ1n) is 12.9. The zero-order chi connectivity index (χ0) is 30.4. The van der Waals surface area contributed by atoms with Crippen molar-refractivity contribution < 1.29 is 23.5 Å². The van der Waals surface area contributed by atoms with E-state index in [1.54, 1.807) is 9.80 Å². The Kier molecular flexibility index (Phi) is 9.54. The highest BCUT2D eigenvalue weighted by Gasteiger charge is 2.33. The lowest BCUT2D eigenvalue weighted by Crippen LogP contribution is -2.56. The molecule has 2 N–H and O–H groups in total. The molecule has 12 heteroatoms. The van der Waals surface area contributed by atoms with Gasteiger partial charge >= 0.3 is 0 Å². The van der Waals surface area contributed by atoms with E-state index in [2.05, 4.69) is 22.9 Å². The summed E-state index contributed by atoms with van der Waals surface area (Å²) >= 11 is 1.47. The van der Waals surface area contributed by atoms with Gasteiger partial charge in [-0.15, -0.1) is 11.8 Å². The number of nitrogens with zero attached hydrogens (tertiary/aromatic N) is 5. The smallest absolute Gasteiger partial charge is 0.246 e. The molecule has 1 unspecified atom stereocenters. The van der Waals surface area contributed by atoms with E-state index in [4.69, 9.17) is 4.99 Å². The number of nitriles is 1. The zero-order valence-electron chi connectivity index (χ0n) is 23.0. The minimum Gasteiger partial charge on any atom is -0.507 e. The lowest BCUT2D eigenvalue weighted by Gasteiger charge is -2.41. The SMILES string of the molecule is C=CC(=O)N1CCN(C(=Nc2c(C)cccc2SC)c2cc(F)c(-c3c(O)cccc3F)nc2NC=O)CC1CC#N. The number of carbonyl (C=O) groups excluding carboxylic acids is 2. The van der Waals surface area contributed by atoms with Gasteiger partial charge in [-0.2, -0.15) is 5.26 Å². The molecule has 2 amide bonds. The molecule has 1 atom stereocenters. The maximum atomic E-state index is 15.8. The summed E-state index contributed by atoms with van der Waals surface area (Å²) in [5, 5.41) is 22.2. The predicted molar refractivity (Wildman–Crippen MR) is 158 cm³/mol. The number of aliphatic imine (C=N–C) groups is 1. The van der Waals surface area contributed by atoms with E-state index in [1.165, 1.54) is 30.0 Å². The number of thioether (sulfide) groups is 1. The molecule has 1 aliphatic heterocycles. The summed E-state index contributed by atoms with van der Waals surface area (Å²) in [6, 6.07) is 11.9. The first-order chi connectivity index (χ1) is 20.2. The van der Waals surface area contributed by atoms with Crippen LogP contribution in [-0.2, 0) is 9.59 Å². The number of aromatic nitrogens is 1. The van der Waals surface area contributed by atoms with Gasteiger partial charge in [0.2, 0.25) is 12.3 Å². The van der Waals surface area contributed by atoms with Crippen molar-refractivity contribution in [3.63, 3.8) is 0 Å². The number of aryl methyl sites for hydroxylation is 1. The number of amides is 2. The fourth-order valence-electron chi connectivity index (χ4n) is 4.83. The van der Waals surface area contributed by atoms with Crippen molar-refractivity contribution in [1.82, 2.24) is 14.8 Å². The lowest BCUT2D eigenvalue weighted by atomic mass is 10.0. The Bertz CT molecular complexity index is 1590. The number of anilines is 1. The van der Waals surface area contributed by atoms with Crippen LogP contribution in [0, 0.1) is 29.9 Å². The minimum atomic E-state index is -0.960. The molecule has 1 aliphatic rings. The number of nitrogens with one attached hydrogen (secondary N) is 1. The third kappa shape index (κ3) is 6.11. The molecule has 4 rings (SSSR count). The van der Waals surface area contributed by atoms with Gasteiger partial charge in [0.05, 0.1) is 35.3 Å². The van der Waals surface area contributed by atoms with Crippen LogP contribution in [0.5, 0.6) is 5.75 Å². The molecule has 1 saturated heterocycles. The largest absolute Gasteiger partial charge is 0.507 e. The predicted octanol–water partition coefficient (Wildman–Crippen LogP) is 5.02. The number of piperazine rings is 1. The van der Waals surface area contributed by atoms with Gasteiger partial charge in [-0.1, -0.05) is 24.8 Å². The van der Waals surface area contributed by atoms with Gasteiger partial charge in [-0.3, -0.25) is 9.59 Å². The highest BCUT2D eigenvalue weighted by molar-refractivity contribution is 7.98. The number of rotatable bonds is 8. The number of carbonyl (C=O) groups is 2. The standard InChI is InChI=1S/C30H28F2N6O3S/c1-4-25(41)38-14-13-37(16-19(38)11-12-33)30(36-27-18(2)7-5-10-24(27)42-3)20-15-22(32)28(35-29(20)34-17-39)26-21(31)8-6-9-23(26)40/h4-10,15,17,19,40H,1,11,13-14,16H2,2-3H3,(H,34,35,39). The topological polar surface area (TPSA) is 122 Å². The summed E-state index contributed by atoms with van der Waals surface area (Å²) < 4.78 is 30.5. The van der Waals surface area contributed by atoms with Gasteiger partial charge in [0.25, 0.3) is 0 Å². The third-order valence-corrected chi connectivity index (χ3v) is 7.62. The van der Waals surface area contributed by atoms with Gasteiger partial charge in [0, 0.05) is 24.5 Å². The number of benzene rings is 2. The van der Waals surface area contributed by atoms with Crippen LogP contribution in [0.3, 0.4) is 0 Å². The molecule has 0 bridgehead atoms. The number of hydrogen-bond acceptors (Lipinski definition) is 7. The Morgan fingerprint density at radius 3 is 2.71 bits per heavy atom. The first-order valence-corrected chi connectivity index (χ1v) is 14.1. The van der Waals surface area contributed by atoms with Gasteiger partial charge in [0.15, 0.2) is 5.82 Å². The number of phenolic OH excluding ortho intramolecular Hbond substituents is 1. The van der Waals surface area contributed by atoms with Crippen LogP contribution in [0.1, 0.15) is 17.5 Å². The Balaban J connectivity index is 1.95. The van der Waals surface area contributed by atoms with E-state index in [9.17, 15) is 24.3 Å². The van der Waals surface area contributed by atoms with Crippen LogP contribution in [0.4, 0.5) is 20.3 Å². The van der Waals surface area contributed by atoms with Crippen LogP contribution in [0.25, 0.3) is 11.3 Å². The molecule has 42 heavy (non-hydrogen) atoms. The Labute approximate surface area is 246 Å². The minimum absolute atomic E-state index is 0.0291. The fourth-order valence-corrected chi connectivity index (χ4v) is 5.44. The van der Waals surface area contributed by atoms with Gasteiger partial charge in [-0.25, -0.2) is 18.8 Å². The van der Waals surface area contributed by atoms with Crippen molar-refractivity contribution in [1.29, 1.82) is 5.26 Å². The van der Waals surface area contributed by atoms with Crippen LogP contribution >= 0.6 is 11.8 Å². The number of phenols is 1. The Morgan fingerprint density at radius 1 is 1.29 bits per heavy atom. The number of hydrogen-bond donors (Lipinski definition) is 2. The Hall–Kier alpha value is -4.76. The highest BCUT2D eigenvalue weighted by Crippen LogP contribution is 2.36. The van der Waals surface area contributed by atoms with Crippen molar-refractivity contribution >= 4 is 41.4 Å². The maximum Gasteiger partial charge on any atom is 0.246 e. The van der Waals surface area contributed by atoms with Crippen molar-refractivity contribution in [3.8, 4) is 23.1 Å². The van der Waals surface area contributed by atoms with E-state index < -0.39 is 34.7 Å². The summed E-state index contributed by atoms with van der Waals surface area (Å²) in [5.41, 5.74) is 0.578. The second kappa shape index (κ2) is 13.3. The van der Waals surface area contributed by atoms with Crippen LogP contribution in [-0.4, -0.2) is 70.0 Å². The molecule has 216 valence electrons. The molecular weight excluding hydrogens is 562 g/mol. The molecule has 0 spiro atoms. The van der Waals surface area contributed by atoms with Gasteiger partial charge in [-0.05, 0) is 49.1 Å². The zero-order valence-corrected chi connectivity index (χ0v) is 23.8. The number of pyridine rings is 1. The van der Waals surface area contributed by atoms with E-state index >= 15 is 4.39 Å². The average Bonchev–Trinajstić information content (AvgIpc) is 2.97. The van der Waals surface area contributed by atoms with Crippen molar-refractivity contribution in [2.45, 2.75) is 24.3 Å². The highest BCUT2D eigenvalue weighted by atomic mass is 32.2. The van der Waals surface area contributed by atoms with E-state index in [0.717, 1.165) is 22.6 Å². The summed E-state index contributed by atoms with van der Waals surface area (Å²) in [6.45, 7) is 6.10. The number of halogens is 2. The molecule has 2 aromatic carbocycles. The second-order valence-corrected chi connectivity index (χ2v) is 10.2. The molecule has 1 aromatic heterocycles.